The number of likely N-dealkylation sites (tertiary alicyclic amines) is 1. The largest absolute Gasteiger partial charge is 0.444 e. The third kappa shape index (κ3) is 2.67. The van der Waals surface area contributed by atoms with Gasteiger partial charge in [-0.2, -0.15) is 5.26 Å². The SMILES string of the molecule is C#C[C@H]1CC[C@@H](C#N)N1C(=O)OC(C)(C)C. The highest BCUT2D eigenvalue weighted by atomic mass is 16.6. The lowest BCUT2D eigenvalue weighted by atomic mass is 10.2. The summed E-state index contributed by atoms with van der Waals surface area (Å²) in [6.45, 7) is 5.35. The summed E-state index contributed by atoms with van der Waals surface area (Å²) in [6.07, 6.45) is 6.11. The van der Waals surface area contributed by atoms with Gasteiger partial charge in [0.15, 0.2) is 0 Å². The predicted octanol–water partition coefficient (Wildman–Crippen LogP) is 1.91. The minimum Gasteiger partial charge on any atom is -0.444 e. The number of nitrogens with zero attached hydrogens (tertiary/aromatic N) is 2. The summed E-state index contributed by atoms with van der Waals surface area (Å²) in [5, 5.41) is 8.93. The van der Waals surface area contributed by atoms with Crippen LogP contribution in [0.1, 0.15) is 33.6 Å². The van der Waals surface area contributed by atoms with E-state index in [4.69, 9.17) is 16.4 Å². The monoisotopic (exact) mass is 220 g/mol. The Labute approximate surface area is 96.2 Å². The fourth-order valence-electron chi connectivity index (χ4n) is 1.67. The van der Waals surface area contributed by atoms with Crippen molar-refractivity contribution in [3.8, 4) is 18.4 Å². The van der Waals surface area contributed by atoms with Gasteiger partial charge in [-0.1, -0.05) is 5.92 Å². The fourth-order valence-corrected chi connectivity index (χ4v) is 1.67. The lowest BCUT2D eigenvalue weighted by molar-refractivity contribution is 0.0223. The van der Waals surface area contributed by atoms with Crippen LogP contribution in [0.25, 0.3) is 0 Å². The number of carbonyl (C=O) groups excluding carboxylic acids is 1. The van der Waals surface area contributed by atoms with Crippen molar-refractivity contribution >= 4 is 6.09 Å². The zero-order valence-electron chi connectivity index (χ0n) is 9.86. The highest BCUT2D eigenvalue weighted by molar-refractivity contribution is 5.70. The molecule has 86 valence electrons. The Morgan fingerprint density at radius 2 is 2.00 bits per heavy atom. The van der Waals surface area contributed by atoms with Crippen molar-refractivity contribution in [2.45, 2.75) is 51.3 Å². The van der Waals surface area contributed by atoms with Gasteiger partial charge in [-0.05, 0) is 33.6 Å². The standard InChI is InChI=1S/C12H16N2O2/c1-5-9-6-7-10(8-13)14(9)11(15)16-12(2,3)4/h1,9-10H,6-7H2,2-4H3/t9-,10-/m0/s1. The Hall–Kier alpha value is -1.68. The molecule has 1 aliphatic rings. The first-order chi connectivity index (χ1) is 7.39. The van der Waals surface area contributed by atoms with Gasteiger partial charge in [-0.3, -0.25) is 4.90 Å². The summed E-state index contributed by atoms with van der Waals surface area (Å²) in [7, 11) is 0. The number of nitriles is 1. The topological polar surface area (TPSA) is 53.3 Å². The van der Waals surface area contributed by atoms with Crippen molar-refractivity contribution < 1.29 is 9.53 Å². The van der Waals surface area contributed by atoms with Crippen molar-refractivity contribution in [3.05, 3.63) is 0 Å². The first-order valence-corrected chi connectivity index (χ1v) is 5.26. The van der Waals surface area contributed by atoms with Gasteiger partial charge in [-0.25, -0.2) is 4.79 Å². The van der Waals surface area contributed by atoms with Crippen molar-refractivity contribution in [1.82, 2.24) is 4.90 Å². The Morgan fingerprint density at radius 1 is 1.44 bits per heavy atom. The summed E-state index contributed by atoms with van der Waals surface area (Å²) in [5.74, 6) is 2.52. The van der Waals surface area contributed by atoms with Crippen molar-refractivity contribution in [1.29, 1.82) is 5.26 Å². The molecule has 1 fully saturated rings. The summed E-state index contributed by atoms with van der Waals surface area (Å²) in [6, 6.07) is 1.29. The third-order valence-electron chi connectivity index (χ3n) is 2.33. The molecule has 0 aromatic rings. The van der Waals surface area contributed by atoms with Crippen molar-refractivity contribution in [2.75, 3.05) is 0 Å². The third-order valence-corrected chi connectivity index (χ3v) is 2.33. The van der Waals surface area contributed by atoms with Gasteiger partial charge in [0.2, 0.25) is 0 Å². The van der Waals surface area contributed by atoms with E-state index in [0.717, 1.165) is 0 Å². The highest BCUT2D eigenvalue weighted by Crippen LogP contribution is 2.25. The van der Waals surface area contributed by atoms with Crippen molar-refractivity contribution in [3.63, 3.8) is 0 Å². The van der Waals surface area contributed by atoms with Crippen LogP contribution in [0.2, 0.25) is 0 Å². The van der Waals surface area contributed by atoms with Crippen LogP contribution in [0.5, 0.6) is 0 Å². The fraction of sp³-hybridized carbons (Fsp3) is 0.667. The number of carbonyl (C=O) groups is 1. The molecule has 16 heavy (non-hydrogen) atoms. The van der Waals surface area contributed by atoms with E-state index in [9.17, 15) is 4.79 Å². The van der Waals surface area contributed by atoms with E-state index in [2.05, 4.69) is 12.0 Å². The molecule has 0 aliphatic carbocycles. The lowest BCUT2D eigenvalue weighted by Gasteiger charge is -2.28. The van der Waals surface area contributed by atoms with Crippen LogP contribution >= 0.6 is 0 Å². The number of amides is 1. The van der Waals surface area contributed by atoms with Crippen LogP contribution in [0, 0.1) is 23.7 Å². The molecule has 0 spiro atoms. The molecule has 4 nitrogen and oxygen atoms in total. The first-order valence-electron chi connectivity index (χ1n) is 5.26. The second-order valence-electron chi connectivity index (χ2n) is 4.79. The van der Waals surface area contributed by atoms with Crippen LogP contribution in [0.15, 0.2) is 0 Å². The molecular formula is C12H16N2O2. The van der Waals surface area contributed by atoms with Crippen LogP contribution in [0.3, 0.4) is 0 Å². The predicted molar refractivity (Wildman–Crippen MR) is 59.3 cm³/mol. The van der Waals surface area contributed by atoms with Gasteiger partial charge in [0, 0.05) is 0 Å². The second kappa shape index (κ2) is 4.45. The van der Waals surface area contributed by atoms with E-state index in [1.54, 1.807) is 20.8 Å². The average Bonchev–Trinajstić information content (AvgIpc) is 2.57. The highest BCUT2D eigenvalue weighted by Gasteiger charge is 2.38. The Kier molecular flexibility index (Phi) is 3.44. The van der Waals surface area contributed by atoms with E-state index in [-0.39, 0.29) is 6.04 Å². The molecule has 2 atom stereocenters. The molecule has 0 aromatic carbocycles. The first kappa shape index (κ1) is 12.4. The number of terminal acetylenes is 1. The molecule has 0 unspecified atom stereocenters. The molecule has 1 aliphatic heterocycles. The molecule has 0 aromatic heterocycles. The molecule has 0 radical (unpaired) electrons. The van der Waals surface area contributed by atoms with E-state index in [1.165, 1.54) is 4.90 Å². The van der Waals surface area contributed by atoms with Crippen molar-refractivity contribution in [2.24, 2.45) is 0 Å². The maximum Gasteiger partial charge on any atom is 0.412 e. The average molecular weight is 220 g/mol. The Bertz CT molecular complexity index is 335. The number of hydrogen-bond donors (Lipinski definition) is 0. The molecule has 0 saturated carbocycles. The summed E-state index contributed by atoms with van der Waals surface area (Å²) >= 11 is 0. The summed E-state index contributed by atoms with van der Waals surface area (Å²) in [5.41, 5.74) is -0.571. The number of hydrogen-bond acceptors (Lipinski definition) is 3. The lowest BCUT2D eigenvalue weighted by Crippen LogP contribution is -2.43. The van der Waals surface area contributed by atoms with Gasteiger partial charge in [0.1, 0.15) is 11.6 Å². The Balaban J connectivity index is 2.80. The normalized spacial score (nSPS) is 24.7. The van der Waals surface area contributed by atoms with Crippen LogP contribution < -0.4 is 0 Å². The molecule has 1 saturated heterocycles. The van der Waals surface area contributed by atoms with Gasteiger partial charge >= 0.3 is 6.09 Å². The number of ether oxygens (including phenoxy) is 1. The van der Waals surface area contributed by atoms with Gasteiger partial charge in [0.25, 0.3) is 0 Å². The molecule has 4 heteroatoms. The maximum absolute atomic E-state index is 11.9. The second-order valence-corrected chi connectivity index (χ2v) is 4.79. The minimum absolute atomic E-state index is 0.320. The molecule has 0 N–H and O–H groups in total. The quantitative estimate of drug-likeness (QED) is 0.586. The molecule has 0 bridgehead atoms. The maximum atomic E-state index is 11.9. The molecule has 1 heterocycles. The smallest absolute Gasteiger partial charge is 0.412 e. The van der Waals surface area contributed by atoms with Crippen LogP contribution in [-0.4, -0.2) is 28.7 Å². The summed E-state index contributed by atoms with van der Waals surface area (Å²) in [4.78, 5) is 13.2. The minimum atomic E-state index is -0.571. The van der Waals surface area contributed by atoms with E-state index >= 15 is 0 Å². The number of rotatable bonds is 0. The zero-order valence-corrected chi connectivity index (χ0v) is 9.86. The van der Waals surface area contributed by atoms with Gasteiger partial charge < -0.3 is 4.74 Å². The zero-order chi connectivity index (χ0) is 12.3. The van der Waals surface area contributed by atoms with E-state index < -0.39 is 17.7 Å². The van der Waals surface area contributed by atoms with Crippen LogP contribution in [0.4, 0.5) is 4.79 Å². The van der Waals surface area contributed by atoms with Gasteiger partial charge in [-0.15, -0.1) is 6.42 Å². The molecular weight excluding hydrogens is 204 g/mol. The van der Waals surface area contributed by atoms with E-state index in [1.807, 2.05) is 0 Å². The van der Waals surface area contributed by atoms with E-state index in [0.29, 0.717) is 12.8 Å². The summed E-state index contributed by atoms with van der Waals surface area (Å²) < 4.78 is 5.23. The van der Waals surface area contributed by atoms with Crippen LogP contribution in [-0.2, 0) is 4.74 Å². The molecule has 1 rings (SSSR count). The van der Waals surface area contributed by atoms with Gasteiger partial charge in [0.05, 0.1) is 12.1 Å². The Morgan fingerprint density at radius 3 is 2.44 bits per heavy atom. The molecule has 1 amide bonds.